The average Bonchev–Trinajstić information content (AvgIpc) is 2.75. The third kappa shape index (κ3) is 4.28. The number of anilines is 2. The molecule has 0 aliphatic carbocycles. The number of ether oxygens (including phenoxy) is 1. The van der Waals surface area contributed by atoms with Gasteiger partial charge in [0.25, 0.3) is 5.91 Å². The predicted molar refractivity (Wildman–Crippen MR) is 116 cm³/mol. The molecule has 2 aliphatic rings. The van der Waals surface area contributed by atoms with Crippen LogP contribution in [0.2, 0.25) is 0 Å². The van der Waals surface area contributed by atoms with Gasteiger partial charge in [0.15, 0.2) is 6.10 Å². The summed E-state index contributed by atoms with van der Waals surface area (Å²) < 4.78 is 33.8. The molecule has 8 nitrogen and oxygen atoms in total. The van der Waals surface area contributed by atoms with Gasteiger partial charge in [0.2, 0.25) is 15.9 Å². The molecular weight excluding hydrogens is 418 g/mol. The van der Waals surface area contributed by atoms with Crippen LogP contribution in [0.25, 0.3) is 0 Å². The highest BCUT2D eigenvalue weighted by Crippen LogP contribution is 2.36. The van der Waals surface area contributed by atoms with E-state index in [9.17, 15) is 18.0 Å². The van der Waals surface area contributed by atoms with Crippen LogP contribution in [0.4, 0.5) is 11.4 Å². The summed E-state index contributed by atoms with van der Waals surface area (Å²) in [6.45, 7) is 3.75. The molecule has 0 spiro atoms. The minimum absolute atomic E-state index is 0.117. The second-order valence-electron chi connectivity index (χ2n) is 7.92. The van der Waals surface area contributed by atoms with Crippen molar-refractivity contribution in [3.8, 4) is 5.75 Å². The largest absolute Gasteiger partial charge is 0.479 e. The van der Waals surface area contributed by atoms with Gasteiger partial charge in [-0.25, -0.2) is 8.42 Å². The number of nitrogens with one attached hydrogen (secondary N) is 2. The summed E-state index contributed by atoms with van der Waals surface area (Å²) in [4.78, 5) is 24.7. The molecule has 0 unspecified atom stereocenters. The maximum absolute atomic E-state index is 13.4. The smallest absolute Gasteiger partial charge is 0.265 e. The summed E-state index contributed by atoms with van der Waals surface area (Å²) in [5, 5.41) is 5.59. The number of hydrogen-bond acceptors (Lipinski definition) is 5. The van der Waals surface area contributed by atoms with Gasteiger partial charge in [0.1, 0.15) is 5.75 Å². The third-order valence-corrected chi connectivity index (χ3v) is 7.63. The lowest BCUT2D eigenvalue weighted by atomic mass is 9.99. The van der Waals surface area contributed by atoms with Crippen molar-refractivity contribution in [3.63, 3.8) is 0 Å². The Balaban J connectivity index is 1.55. The van der Waals surface area contributed by atoms with Crippen molar-refractivity contribution in [2.45, 2.75) is 37.7 Å². The van der Waals surface area contributed by atoms with Gasteiger partial charge in [0, 0.05) is 24.8 Å². The fourth-order valence-electron chi connectivity index (χ4n) is 3.90. The lowest BCUT2D eigenvalue weighted by Crippen LogP contribution is -2.44. The molecule has 2 amide bonds. The molecule has 1 saturated heterocycles. The van der Waals surface area contributed by atoms with E-state index in [0.717, 1.165) is 0 Å². The SMILES string of the molecule is Cc1cc2c(cc1S(=O)(=O)N1CCC[C@H](C(=O)Nc3ccccc3)C1)O[C@H](C)C(=O)N2. The molecule has 4 rings (SSSR count). The Morgan fingerprint density at radius 1 is 1.23 bits per heavy atom. The zero-order chi connectivity index (χ0) is 22.2. The van der Waals surface area contributed by atoms with Gasteiger partial charge in [-0.1, -0.05) is 18.2 Å². The molecule has 2 aromatic rings. The second kappa shape index (κ2) is 8.32. The normalized spacial score (nSPS) is 21.5. The summed E-state index contributed by atoms with van der Waals surface area (Å²) in [5.74, 6) is -0.567. The predicted octanol–water partition coefficient (Wildman–Crippen LogP) is 2.75. The number of fused-ring (bicyclic) bond motifs is 1. The van der Waals surface area contributed by atoms with Gasteiger partial charge in [-0.2, -0.15) is 4.31 Å². The van der Waals surface area contributed by atoms with Crippen LogP contribution >= 0.6 is 0 Å². The average molecular weight is 444 g/mol. The Bertz CT molecular complexity index is 1120. The van der Waals surface area contributed by atoms with Crippen LogP contribution in [-0.2, 0) is 19.6 Å². The van der Waals surface area contributed by atoms with E-state index in [-0.39, 0.29) is 23.3 Å². The van der Waals surface area contributed by atoms with Crippen molar-refractivity contribution in [2.75, 3.05) is 23.7 Å². The third-order valence-electron chi connectivity index (χ3n) is 5.62. The number of amides is 2. The van der Waals surface area contributed by atoms with Crippen LogP contribution in [0, 0.1) is 12.8 Å². The molecule has 2 heterocycles. The van der Waals surface area contributed by atoms with Crippen LogP contribution in [0.1, 0.15) is 25.3 Å². The van der Waals surface area contributed by atoms with E-state index < -0.39 is 22.0 Å². The van der Waals surface area contributed by atoms with E-state index in [1.165, 1.54) is 10.4 Å². The van der Waals surface area contributed by atoms with Crippen molar-refractivity contribution >= 4 is 33.2 Å². The first kappa shape index (κ1) is 21.3. The zero-order valence-corrected chi connectivity index (χ0v) is 18.2. The molecule has 2 N–H and O–H groups in total. The highest BCUT2D eigenvalue weighted by Gasteiger charge is 2.35. The zero-order valence-electron chi connectivity index (χ0n) is 17.4. The van der Waals surface area contributed by atoms with Crippen molar-refractivity contribution in [2.24, 2.45) is 5.92 Å². The summed E-state index contributed by atoms with van der Waals surface area (Å²) in [7, 11) is -3.84. The number of piperidine rings is 1. The maximum atomic E-state index is 13.4. The highest BCUT2D eigenvalue weighted by molar-refractivity contribution is 7.89. The lowest BCUT2D eigenvalue weighted by molar-refractivity contribution is -0.123. The van der Waals surface area contributed by atoms with Gasteiger partial charge in [-0.05, 0) is 50.5 Å². The van der Waals surface area contributed by atoms with Crippen molar-refractivity contribution in [3.05, 3.63) is 48.0 Å². The van der Waals surface area contributed by atoms with Crippen LogP contribution in [0.15, 0.2) is 47.4 Å². The van der Waals surface area contributed by atoms with Crippen LogP contribution < -0.4 is 15.4 Å². The number of carbonyl (C=O) groups is 2. The van der Waals surface area contributed by atoms with E-state index in [4.69, 9.17) is 4.74 Å². The number of carbonyl (C=O) groups excluding carboxylic acids is 2. The Labute approximate surface area is 181 Å². The van der Waals surface area contributed by atoms with Crippen LogP contribution in [0.3, 0.4) is 0 Å². The van der Waals surface area contributed by atoms with E-state index in [1.807, 2.05) is 18.2 Å². The summed E-state index contributed by atoms with van der Waals surface area (Å²) in [5.41, 5.74) is 1.65. The number of benzene rings is 2. The van der Waals surface area contributed by atoms with Crippen molar-refractivity contribution in [1.29, 1.82) is 0 Å². The fourth-order valence-corrected chi connectivity index (χ4v) is 5.65. The molecule has 2 atom stereocenters. The molecule has 9 heteroatoms. The van der Waals surface area contributed by atoms with E-state index in [1.54, 1.807) is 32.0 Å². The van der Waals surface area contributed by atoms with E-state index in [2.05, 4.69) is 10.6 Å². The molecule has 0 radical (unpaired) electrons. The van der Waals surface area contributed by atoms with Gasteiger partial charge >= 0.3 is 0 Å². The van der Waals surface area contributed by atoms with Crippen LogP contribution in [0.5, 0.6) is 5.75 Å². The molecule has 0 aromatic heterocycles. The first-order valence-corrected chi connectivity index (χ1v) is 11.7. The monoisotopic (exact) mass is 443 g/mol. The maximum Gasteiger partial charge on any atom is 0.265 e. The molecule has 164 valence electrons. The minimum Gasteiger partial charge on any atom is -0.479 e. The van der Waals surface area contributed by atoms with E-state index in [0.29, 0.717) is 42.1 Å². The molecule has 0 bridgehead atoms. The Kier molecular flexibility index (Phi) is 5.72. The Hall–Kier alpha value is -2.91. The number of aryl methyl sites for hydroxylation is 1. The molecule has 31 heavy (non-hydrogen) atoms. The van der Waals surface area contributed by atoms with Gasteiger partial charge < -0.3 is 15.4 Å². The molecule has 1 fully saturated rings. The fraction of sp³-hybridized carbons (Fsp3) is 0.364. The Morgan fingerprint density at radius 3 is 2.71 bits per heavy atom. The topological polar surface area (TPSA) is 105 Å². The summed E-state index contributed by atoms with van der Waals surface area (Å²) in [6.07, 6.45) is 0.520. The quantitative estimate of drug-likeness (QED) is 0.756. The van der Waals surface area contributed by atoms with Gasteiger partial charge in [-0.3, -0.25) is 9.59 Å². The number of rotatable bonds is 4. The number of sulfonamides is 1. The summed E-state index contributed by atoms with van der Waals surface area (Å²) in [6, 6.07) is 12.2. The molecule has 2 aromatic carbocycles. The molecular formula is C22H25N3O5S. The lowest BCUT2D eigenvalue weighted by Gasteiger charge is -2.32. The van der Waals surface area contributed by atoms with E-state index >= 15 is 0 Å². The standard InChI is InChI=1S/C22H25N3O5S/c1-14-11-18-19(30-15(2)21(26)24-18)12-20(14)31(28,29)25-10-6-7-16(13-25)22(27)23-17-8-4-3-5-9-17/h3-5,8-9,11-12,15-16H,6-7,10,13H2,1-2H3,(H,23,27)(H,24,26)/t15-,16+/m1/s1. The Morgan fingerprint density at radius 2 is 1.97 bits per heavy atom. The molecule has 0 saturated carbocycles. The first-order valence-electron chi connectivity index (χ1n) is 10.2. The number of para-hydroxylation sites is 1. The van der Waals surface area contributed by atoms with Gasteiger partial charge in [0.05, 0.1) is 16.5 Å². The van der Waals surface area contributed by atoms with Crippen molar-refractivity contribution in [1.82, 2.24) is 4.31 Å². The number of hydrogen-bond donors (Lipinski definition) is 2. The highest BCUT2D eigenvalue weighted by atomic mass is 32.2. The number of nitrogens with zero attached hydrogens (tertiary/aromatic N) is 1. The minimum atomic E-state index is -3.84. The summed E-state index contributed by atoms with van der Waals surface area (Å²) >= 11 is 0. The molecule has 2 aliphatic heterocycles. The van der Waals surface area contributed by atoms with Crippen molar-refractivity contribution < 1.29 is 22.7 Å². The second-order valence-corrected chi connectivity index (χ2v) is 9.83. The van der Waals surface area contributed by atoms with Gasteiger partial charge in [-0.15, -0.1) is 0 Å². The first-order chi connectivity index (χ1) is 14.8. The van der Waals surface area contributed by atoms with Crippen LogP contribution in [-0.4, -0.2) is 43.7 Å².